The highest BCUT2D eigenvalue weighted by Crippen LogP contribution is 2.34. The van der Waals surface area contributed by atoms with Gasteiger partial charge in [-0.3, -0.25) is 0 Å². The maximum absolute atomic E-state index is 11.9. The van der Waals surface area contributed by atoms with Crippen molar-refractivity contribution in [2.75, 3.05) is 19.1 Å². The Bertz CT molecular complexity index is 719. The number of nitrogens with zero attached hydrogens (tertiary/aromatic N) is 1. The summed E-state index contributed by atoms with van der Waals surface area (Å²) in [7, 11) is -1.89. The highest BCUT2D eigenvalue weighted by atomic mass is 32.2. The van der Waals surface area contributed by atoms with Crippen molar-refractivity contribution in [3.05, 3.63) is 23.8 Å². The maximum atomic E-state index is 11.9. The Morgan fingerprint density at radius 2 is 2.00 bits per heavy atom. The van der Waals surface area contributed by atoms with Gasteiger partial charge in [-0.2, -0.15) is 0 Å². The SMILES string of the molecule is COc1cc(-c2cc(N)no2)c(S(C)(=O)=O)cc1C. The van der Waals surface area contributed by atoms with Crippen molar-refractivity contribution in [3.63, 3.8) is 0 Å². The first-order valence-corrected chi connectivity index (χ1v) is 7.33. The third-order valence-corrected chi connectivity index (χ3v) is 3.83. The van der Waals surface area contributed by atoms with E-state index in [1.165, 1.54) is 13.2 Å². The van der Waals surface area contributed by atoms with Crippen LogP contribution in [0.2, 0.25) is 0 Å². The van der Waals surface area contributed by atoms with Crippen molar-refractivity contribution < 1.29 is 17.7 Å². The standard InChI is InChI=1S/C12H14N2O4S/c1-7-4-11(19(3,15)16)8(5-9(7)17-2)10-6-12(13)14-18-10/h4-6H,1-3H3,(H2,13,14). The van der Waals surface area contributed by atoms with Crippen LogP contribution in [0.3, 0.4) is 0 Å². The van der Waals surface area contributed by atoms with Gasteiger partial charge in [0.1, 0.15) is 5.75 Å². The first-order chi connectivity index (χ1) is 8.82. The van der Waals surface area contributed by atoms with E-state index >= 15 is 0 Å². The number of aryl methyl sites for hydroxylation is 1. The lowest BCUT2D eigenvalue weighted by atomic mass is 10.1. The minimum absolute atomic E-state index is 0.155. The number of anilines is 1. The number of rotatable bonds is 3. The number of nitrogen functional groups attached to an aromatic ring is 1. The Hall–Kier alpha value is -2.02. The zero-order valence-electron chi connectivity index (χ0n) is 10.8. The molecule has 102 valence electrons. The molecule has 2 N–H and O–H groups in total. The fourth-order valence-corrected chi connectivity index (χ4v) is 2.75. The van der Waals surface area contributed by atoms with Crippen molar-refractivity contribution in [2.24, 2.45) is 0 Å². The number of aromatic nitrogens is 1. The van der Waals surface area contributed by atoms with E-state index in [9.17, 15) is 8.42 Å². The molecule has 0 saturated heterocycles. The Morgan fingerprint density at radius 1 is 1.32 bits per heavy atom. The van der Waals surface area contributed by atoms with Gasteiger partial charge in [0, 0.05) is 17.9 Å². The van der Waals surface area contributed by atoms with Gasteiger partial charge >= 0.3 is 0 Å². The van der Waals surface area contributed by atoms with Gasteiger partial charge < -0.3 is 15.0 Å². The van der Waals surface area contributed by atoms with Gasteiger partial charge in [0.05, 0.1) is 12.0 Å². The Balaban J connectivity index is 2.76. The maximum Gasteiger partial charge on any atom is 0.176 e. The summed E-state index contributed by atoms with van der Waals surface area (Å²) in [5.41, 5.74) is 6.59. The minimum Gasteiger partial charge on any atom is -0.496 e. The molecule has 2 rings (SSSR count). The van der Waals surface area contributed by atoms with Crippen molar-refractivity contribution in [1.29, 1.82) is 0 Å². The van der Waals surface area contributed by atoms with Crippen molar-refractivity contribution >= 4 is 15.7 Å². The molecule has 0 aliphatic carbocycles. The van der Waals surface area contributed by atoms with E-state index in [1.807, 2.05) is 0 Å². The van der Waals surface area contributed by atoms with Gasteiger partial charge in [-0.05, 0) is 24.6 Å². The van der Waals surface area contributed by atoms with Crippen LogP contribution in [0.25, 0.3) is 11.3 Å². The van der Waals surface area contributed by atoms with Gasteiger partial charge in [-0.1, -0.05) is 5.16 Å². The lowest BCUT2D eigenvalue weighted by molar-refractivity contribution is 0.410. The second kappa shape index (κ2) is 4.58. The minimum atomic E-state index is -3.40. The number of benzene rings is 1. The van der Waals surface area contributed by atoms with E-state index in [-0.39, 0.29) is 16.5 Å². The molecule has 0 spiro atoms. The van der Waals surface area contributed by atoms with E-state index in [1.54, 1.807) is 19.1 Å². The van der Waals surface area contributed by atoms with E-state index in [2.05, 4.69) is 5.16 Å². The normalized spacial score (nSPS) is 11.5. The molecule has 0 saturated carbocycles. The molecule has 0 aliphatic rings. The topological polar surface area (TPSA) is 95.4 Å². The van der Waals surface area contributed by atoms with Crippen molar-refractivity contribution in [1.82, 2.24) is 5.16 Å². The Morgan fingerprint density at radius 3 is 2.47 bits per heavy atom. The molecule has 0 bridgehead atoms. The van der Waals surface area contributed by atoms with Gasteiger partial charge in [-0.15, -0.1) is 0 Å². The van der Waals surface area contributed by atoms with Crippen LogP contribution in [0.5, 0.6) is 5.75 Å². The largest absolute Gasteiger partial charge is 0.496 e. The number of hydrogen-bond donors (Lipinski definition) is 1. The van der Waals surface area contributed by atoms with Crippen LogP contribution in [0.1, 0.15) is 5.56 Å². The second-order valence-corrected chi connectivity index (χ2v) is 6.19. The van der Waals surface area contributed by atoms with E-state index in [4.69, 9.17) is 15.0 Å². The van der Waals surface area contributed by atoms with Crippen molar-refractivity contribution in [3.8, 4) is 17.1 Å². The predicted octanol–water partition coefficient (Wildman–Crippen LogP) is 1.64. The summed E-state index contributed by atoms with van der Waals surface area (Å²) in [5.74, 6) is 1.04. The molecule has 1 aromatic heterocycles. The second-order valence-electron chi connectivity index (χ2n) is 4.21. The summed E-state index contributed by atoms with van der Waals surface area (Å²) in [4.78, 5) is 0.155. The Kier molecular flexibility index (Phi) is 3.23. The number of methoxy groups -OCH3 is 1. The van der Waals surface area contributed by atoms with Crippen LogP contribution in [0.15, 0.2) is 27.6 Å². The average Bonchev–Trinajstić information content (AvgIpc) is 2.74. The summed E-state index contributed by atoms with van der Waals surface area (Å²) in [5, 5.41) is 3.56. The van der Waals surface area contributed by atoms with Gasteiger partial charge in [0.15, 0.2) is 21.4 Å². The van der Waals surface area contributed by atoms with Crippen LogP contribution in [0.4, 0.5) is 5.82 Å². The zero-order valence-corrected chi connectivity index (χ0v) is 11.6. The molecule has 0 aliphatic heterocycles. The number of hydrogen-bond acceptors (Lipinski definition) is 6. The smallest absolute Gasteiger partial charge is 0.176 e. The molecule has 6 nitrogen and oxygen atoms in total. The lowest BCUT2D eigenvalue weighted by Crippen LogP contribution is -2.01. The fourth-order valence-electron chi connectivity index (χ4n) is 1.80. The Labute approximate surface area is 111 Å². The zero-order chi connectivity index (χ0) is 14.2. The summed E-state index contributed by atoms with van der Waals surface area (Å²) in [6.45, 7) is 1.77. The van der Waals surface area contributed by atoms with Crippen LogP contribution >= 0.6 is 0 Å². The molecule has 7 heteroatoms. The van der Waals surface area contributed by atoms with Crippen molar-refractivity contribution in [2.45, 2.75) is 11.8 Å². The summed E-state index contributed by atoms with van der Waals surface area (Å²) in [6.07, 6.45) is 1.14. The number of nitrogens with two attached hydrogens (primary N) is 1. The van der Waals surface area contributed by atoms with Gasteiger partial charge in [-0.25, -0.2) is 8.42 Å². The number of ether oxygens (including phenoxy) is 1. The molecule has 0 radical (unpaired) electrons. The third-order valence-electron chi connectivity index (χ3n) is 2.69. The highest BCUT2D eigenvalue weighted by molar-refractivity contribution is 7.90. The van der Waals surface area contributed by atoms with E-state index in [0.29, 0.717) is 11.3 Å². The lowest BCUT2D eigenvalue weighted by Gasteiger charge is -2.10. The third kappa shape index (κ3) is 2.55. The van der Waals surface area contributed by atoms with Crippen LogP contribution in [-0.4, -0.2) is 26.9 Å². The van der Waals surface area contributed by atoms with Crippen LogP contribution in [0, 0.1) is 6.92 Å². The average molecular weight is 282 g/mol. The molecular weight excluding hydrogens is 268 g/mol. The molecule has 19 heavy (non-hydrogen) atoms. The van der Waals surface area contributed by atoms with Crippen LogP contribution in [-0.2, 0) is 9.84 Å². The molecular formula is C12H14N2O4S. The first-order valence-electron chi connectivity index (χ1n) is 5.44. The summed E-state index contributed by atoms with van der Waals surface area (Å²) >= 11 is 0. The predicted molar refractivity (Wildman–Crippen MR) is 70.8 cm³/mol. The summed E-state index contributed by atoms with van der Waals surface area (Å²) < 4.78 is 33.9. The molecule has 1 heterocycles. The quantitative estimate of drug-likeness (QED) is 0.919. The molecule has 2 aromatic rings. The molecule has 1 aromatic carbocycles. The monoisotopic (exact) mass is 282 g/mol. The van der Waals surface area contributed by atoms with E-state index < -0.39 is 9.84 Å². The van der Waals surface area contributed by atoms with E-state index in [0.717, 1.165) is 11.8 Å². The molecule has 0 unspecified atom stereocenters. The fraction of sp³-hybridized carbons (Fsp3) is 0.250. The molecule has 0 atom stereocenters. The number of sulfone groups is 1. The van der Waals surface area contributed by atoms with Gasteiger partial charge in [0.2, 0.25) is 0 Å². The molecule has 0 fully saturated rings. The molecule has 0 amide bonds. The van der Waals surface area contributed by atoms with Gasteiger partial charge in [0.25, 0.3) is 0 Å². The van der Waals surface area contributed by atoms with Crippen LogP contribution < -0.4 is 10.5 Å². The first kappa shape index (κ1) is 13.4. The highest BCUT2D eigenvalue weighted by Gasteiger charge is 2.20. The summed E-state index contributed by atoms with van der Waals surface area (Å²) in [6, 6.07) is 4.62.